The molecule has 0 aromatic heterocycles. The van der Waals surface area contributed by atoms with Crippen molar-refractivity contribution in [2.75, 3.05) is 20.7 Å². The maximum Gasteiger partial charge on any atom is 0.309 e. The maximum atomic E-state index is 11.4. The van der Waals surface area contributed by atoms with Gasteiger partial charge in [0.2, 0.25) is 0 Å². The van der Waals surface area contributed by atoms with Gasteiger partial charge in [-0.05, 0) is 26.5 Å². The van der Waals surface area contributed by atoms with Gasteiger partial charge in [-0.3, -0.25) is 4.79 Å². The molecule has 0 aliphatic rings. The van der Waals surface area contributed by atoms with E-state index < -0.39 is 0 Å². The monoisotopic (exact) mass is 249 g/mol. The fourth-order valence-electron chi connectivity index (χ4n) is 2.28. The molecule has 3 nitrogen and oxygen atoms in total. The van der Waals surface area contributed by atoms with Gasteiger partial charge in [0.25, 0.3) is 0 Å². The van der Waals surface area contributed by atoms with Crippen LogP contribution < -0.4 is 0 Å². The van der Waals surface area contributed by atoms with Gasteiger partial charge < -0.3 is 9.64 Å². The molecule has 0 radical (unpaired) electrons. The van der Waals surface area contributed by atoms with Gasteiger partial charge in [0.05, 0.1) is 13.0 Å². The van der Waals surface area contributed by atoms with Gasteiger partial charge in [-0.15, -0.1) is 0 Å². The van der Waals surface area contributed by atoms with E-state index in [1.807, 2.05) is 14.0 Å². The summed E-state index contributed by atoms with van der Waals surface area (Å²) in [7, 11) is 3.46. The Morgan fingerprint density at radius 1 is 1.28 bits per heavy atom. The van der Waals surface area contributed by atoms with Gasteiger partial charge in [-0.2, -0.15) is 0 Å². The van der Waals surface area contributed by atoms with E-state index in [1.165, 1.54) is 23.8 Å². The van der Waals surface area contributed by atoms with Crippen LogP contribution in [0.15, 0.2) is 18.2 Å². The predicted molar refractivity (Wildman–Crippen MR) is 73.4 cm³/mol. The molecule has 0 fully saturated rings. The summed E-state index contributed by atoms with van der Waals surface area (Å²) in [5, 5.41) is 0. The van der Waals surface area contributed by atoms with Crippen LogP contribution in [0, 0.1) is 19.8 Å². The zero-order valence-corrected chi connectivity index (χ0v) is 12.0. The van der Waals surface area contributed by atoms with Crippen LogP contribution in [0.25, 0.3) is 0 Å². The Morgan fingerprint density at radius 3 is 2.33 bits per heavy atom. The maximum absolute atomic E-state index is 11.4. The minimum absolute atomic E-state index is 0.0918. The minimum atomic E-state index is -0.151. The molecule has 1 atom stereocenters. The first kappa shape index (κ1) is 14.7. The van der Waals surface area contributed by atoms with E-state index >= 15 is 0 Å². The van der Waals surface area contributed by atoms with Crippen molar-refractivity contribution in [3.8, 4) is 0 Å². The molecule has 0 saturated carbocycles. The normalized spacial score (nSPS) is 12.6. The van der Waals surface area contributed by atoms with E-state index in [-0.39, 0.29) is 11.9 Å². The molecule has 0 amide bonds. The molecular formula is C15H23NO2. The molecule has 1 rings (SSSR count). The molecule has 100 valence electrons. The number of carbonyl (C=O) groups is 1. The summed E-state index contributed by atoms with van der Waals surface area (Å²) >= 11 is 0. The van der Waals surface area contributed by atoms with Gasteiger partial charge in [0.1, 0.15) is 0 Å². The topological polar surface area (TPSA) is 29.5 Å². The van der Waals surface area contributed by atoms with E-state index in [2.05, 4.69) is 36.9 Å². The lowest BCUT2D eigenvalue weighted by atomic mass is 10.1. The fourth-order valence-corrected chi connectivity index (χ4v) is 2.28. The van der Waals surface area contributed by atoms with E-state index in [0.29, 0.717) is 6.54 Å². The van der Waals surface area contributed by atoms with E-state index in [4.69, 9.17) is 4.74 Å². The van der Waals surface area contributed by atoms with Gasteiger partial charge in [0, 0.05) is 13.1 Å². The summed E-state index contributed by atoms with van der Waals surface area (Å²) in [6.45, 7) is 7.66. The second kappa shape index (κ2) is 6.55. The smallest absolute Gasteiger partial charge is 0.309 e. The molecule has 0 heterocycles. The van der Waals surface area contributed by atoms with E-state index in [9.17, 15) is 4.79 Å². The van der Waals surface area contributed by atoms with Crippen molar-refractivity contribution in [3.63, 3.8) is 0 Å². The van der Waals surface area contributed by atoms with E-state index in [0.717, 1.165) is 6.54 Å². The van der Waals surface area contributed by atoms with Crippen molar-refractivity contribution in [1.82, 2.24) is 4.90 Å². The lowest BCUT2D eigenvalue weighted by Crippen LogP contribution is -2.29. The SMILES string of the molecule is COC(=O)C(C)CN(C)Cc1cc(C)cc(C)c1. The first-order valence-corrected chi connectivity index (χ1v) is 6.26. The first-order chi connectivity index (χ1) is 8.42. The number of ether oxygens (including phenoxy) is 1. The number of methoxy groups -OCH3 is 1. The number of esters is 1. The first-order valence-electron chi connectivity index (χ1n) is 6.26. The van der Waals surface area contributed by atoms with Crippen LogP contribution >= 0.6 is 0 Å². The molecule has 1 aromatic rings. The van der Waals surface area contributed by atoms with Crippen LogP contribution in [0.1, 0.15) is 23.6 Å². The number of benzene rings is 1. The number of carbonyl (C=O) groups excluding carboxylic acids is 1. The van der Waals surface area contributed by atoms with Gasteiger partial charge in [-0.25, -0.2) is 0 Å². The van der Waals surface area contributed by atoms with Crippen molar-refractivity contribution < 1.29 is 9.53 Å². The Hall–Kier alpha value is -1.35. The van der Waals surface area contributed by atoms with Crippen LogP contribution in [0.3, 0.4) is 0 Å². The quantitative estimate of drug-likeness (QED) is 0.751. The Kier molecular flexibility index (Phi) is 5.35. The molecule has 3 heteroatoms. The number of hydrogen-bond acceptors (Lipinski definition) is 3. The summed E-state index contributed by atoms with van der Waals surface area (Å²) in [5.41, 5.74) is 3.84. The lowest BCUT2D eigenvalue weighted by molar-refractivity contribution is -0.145. The molecule has 0 saturated heterocycles. The number of hydrogen-bond donors (Lipinski definition) is 0. The van der Waals surface area contributed by atoms with Crippen molar-refractivity contribution in [2.45, 2.75) is 27.3 Å². The summed E-state index contributed by atoms with van der Waals surface area (Å²) in [4.78, 5) is 13.5. The molecule has 0 N–H and O–H groups in total. The zero-order chi connectivity index (χ0) is 13.7. The summed E-state index contributed by atoms with van der Waals surface area (Å²) in [5.74, 6) is -0.242. The Bertz CT molecular complexity index is 395. The Balaban J connectivity index is 2.59. The van der Waals surface area contributed by atoms with Crippen molar-refractivity contribution in [2.24, 2.45) is 5.92 Å². The molecular weight excluding hydrogens is 226 g/mol. The molecule has 0 bridgehead atoms. The summed E-state index contributed by atoms with van der Waals surface area (Å²) < 4.78 is 4.74. The minimum Gasteiger partial charge on any atom is -0.469 e. The van der Waals surface area contributed by atoms with Gasteiger partial charge in [0.15, 0.2) is 0 Å². The predicted octanol–water partition coefficient (Wildman–Crippen LogP) is 2.54. The van der Waals surface area contributed by atoms with Gasteiger partial charge >= 0.3 is 5.97 Å². The van der Waals surface area contributed by atoms with Crippen LogP contribution in [0.2, 0.25) is 0 Å². The molecule has 18 heavy (non-hydrogen) atoms. The Morgan fingerprint density at radius 2 is 1.83 bits per heavy atom. The number of rotatable bonds is 5. The molecule has 1 unspecified atom stereocenters. The third-order valence-electron chi connectivity index (χ3n) is 2.92. The molecule has 0 aliphatic heterocycles. The molecule has 0 aliphatic carbocycles. The van der Waals surface area contributed by atoms with Gasteiger partial charge in [-0.1, -0.05) is 36.2 Å². The third-order valence-corrected chi connectivity index (χ3v) is 2.92. The second-order valence-electron chi connectivity index (χ2n) is 5.12. The van der Waals surface area contributed by atoms with Crippen LogP contribution in [0.4, 0.5) is 0 Å². The third kappa shape index (κ3) is 4.49. The highest BCUT2D eigenvalue weighted by atomic mass is 16.5. The van der Waals surface area contributed by atoms with Crippen LogP contribution in [-0.2, 0) is 16.1 Å². The standard InChI is InChI=1S/C15H23NO2/c1-11-6-12(2)8-14(7-11)10-16(4)9-13(3)15(17)18-5/h6-8,13H,9-10H2,1-5H3. The van der Waals surface area contributed by atoms with Crippen molar-refractivity contribution in [1.29, 1.82) is 0 Å². The summed E-state index contributed by atoms with van der Waals surface area (Å²) in [6.07, 6.45) is 0. The summed E-state index contributed by atoms with van der Waals surface area (Å²) in [6, 6.07) is 6.54. The lowest BCUT2D eigenvalue weighted by Gasteiger charge is -2.20. The highest BCUT2D eigenvalue weighted by molar-refractivity contribution is 5.72. The van der Waals surface area contributed by atoms with Crippen molar-refractivity contribution in [3.05, 3.63) is 34.9 Å². The van der Waals surface area contributed by atoms with Crippen LogP contribution in [-0.4, -0.2) is 31.6 Å². The van der Waals surface area contributed by atoms with E-state index in [1.54, 1.807) is 0 Å². The van der Waals surface area contributed by atoms with Crippen LogP contribution in [0.5, 0.6) is 0 Å². The molecule has 0 spiro atoms. The number of nitrogens with zero attached hydrogens (tertiary/aromatic N) is 1. The second-order valence-corrected chi connectivity index (χ2v) is 5.12. The Labute approximate surface area is 110 Å². The highest BCUT2D eigenvalue weighted by Crippen LogP contribution is 2.12. The fraction of sp³-hybridized carbons (Fsp3) is 0.533. The number of aryl methyl sites for hydroxylation is 2. The van der Waals surface area contributed by atoms with Crippen molar-refractivity contribution >= 4 is 5.97 Å². The average Bonchev–Trinajstić information content (AvgIpc) is 2.25. The largest absolute Gasteiger partial charge is 0.469 e. The average molecular weight is 249 g/mol. The zero-order valence-electron chi connectivity index (χ0n) is 12.0. The molecule has 1 aromatic carbocycles. The highest BCUT2D eigenvalue weighted by Gasteiger charge is 2.15.